The minimum absolute atomic E-state index is 0.578. The van der Waals surface area contributed by atoms with Crippen molar-refractivity contribution in [3.05, 3.63) is 34.3 Å². The van der Waals surface area contributed by atoms with E-state index in [2.05, 4.69) is 45.5 Å². The van der Waals surface area contributed by atoms with Crippen LogP contribution in [0.4, 0.5) is 0 Å². The van der Waals surface area contributed by atoms with Crippen LogP contribution < -0.4 is 5.32 Å². The molecule has 1 fully saturated rings. The van der Waals surface area contributed by atoms with Crippen LogP contribution in [0.25, 0.3) is 0 Å². The first kappa shape index (κ1) is 12.1. The summed E-state index contributed by atoms with van der Waals surface area (Å²) in [5.74, 6) is 1.32. The third kappa shape index (κ3) is 2.84. The van der Waals surface area contributed by atoms with Gasteiger partial charge in [0.2, 0.25) is 0 Å². The van der Waals surface area contributed by atoms with Crippen molar-refractivity contribution < 1.29 is 4.74 Å². The van der Waals surface area contributed by atoms with Gasteiger partial charge in [-0.3, -0.25) is 0 Å². The van der Waals surface area contributed by atoms with Crippen molar-refractivity contribution in [2.75, 3.05) is 26.8 Å². The SMILES string of the molecule is CNCC(CC1COC1)c1ccccc1Br. The molecule has 3 heteroatoms. The van der Waals surface area contributed by atoms with E-state index < -0.39 is 0 Å². The maximum atomic E-state index is 5.25. The monoisotopic (exact) mass is 283 g/mol. The normalized spacial score (nSPS) is 18.1. The molecule has 0 aromatic heterocycles. The van der Waals surface area contributed by atoms with Crippen LogP contribution in [-0.2, 0) is 4.74 Å². The van der Waals surface area contributed by atoms with Crippen molar-refractivity contribution in [2.45, 2.75) is 12.3 Å². The molecular formula is C13H18BrNO. The highest BCUT2D eigenvalue weighted by atomic mass is 79.9. The number of hydrogen-bond donors (Lipinski definition) is 1. The molecule has 1 heterocycles. The zero-order valence-corrected chi connectivity index (χ0v) is 11.2. The molecule has 2 rings (SSSR count). The molecule has 1 aliphatic rings. The van der Waals surface area contributed by atoms with Crippen LogP contribution in [0.5, 0.6) is 0 Å². The lowest BCUT2D eigenvalue weighted by Crippen LogP contribution is -2.31. The standard InChI is InChI=1S/C13H18BrNO/c1-15-7-11(6-10-8-16-9-10)12-4-2-3-5-13(12)14/h2-5,10-11,15H,6-9H2,1H3. The Morgan fingerprint density at radius 3 is 2.75 bits per heavy atom. The first-order valence-electron chi connectivity index (χ1n) is 5.78. The number of ether oxygens (including phenoxy) is 1. The molecule has 0 amide bonds. The molecule has 1 unspecified atom stereocenters. The molecule has 0 radical (unpaired) electrons. The van der Waals surface area contributed by atoms with Crippen molar-refractivity contribution in [1.82, 2.24) is 5.32 Å². The summed E-state index contributed by atoms with van der Waals surface area (Å²) in [4.78, 5) is 0. The molecule has 88 valence electrons. The van der Waals surface area contributed by atoms with Crippen LogP contribution in [0, 0.1) is 5.92 Å². The average Bonchev–Trinajstić information content (AvgIpc) is 2.23. The van der Waals surface area contributed by atoms with Gasteiger partial charge < -0.3 is 10.1 Å². The van der Waals surface area contributed by atoms with E-state index in [1.54, 1.807) is 0 Å². The fraction of sp³-hybridized carbons (Fsp3) is 0.538. The largest absolute Gasteiger partial charge is 0.381 e. The van der Waals surface area contributed by atoms with Crippen molar-refractivity contribution in [2.24, 2.45) is 5.92 Å². The van der Waals surface area contributed by atoms with Crippen LogP contribution in [0.3, 0.4) is 0 Å². The Morgan fingerprint density at radius 2 is 2.19 bits per heavy atom. The van der Waals surface area contributed by atoms with Gasteiger partial charge in [0.05, 0.1) is 13.2 Å². The van der Waals surface area contributed by atoms with Gasteiger partial charge in [-0.25, -0.2) is 0 Å². The predicted molar refractivity (Wildman–Crippen MR) is 69.7 cm³/mol. The Morgan fingerprint density at radius 1 is 1.44 bits per heavy atom. The fourth-order valence-electron chi connectivity index (χ4n) is 2.20. The third-order valence-corrected chi connectivity index (χ3v) is 3.84. The molecule has 1 aromatic carbocycles. The first-order chi connectivity index (χ1) is 7.81. The molecular weight excluding hydrogens is 266 g/mol. The summed E-state index contributed by atoms with van der Waals surface area (Å²) in [6.45, 7) is 2.90. The maximum Gasteiger partial charge on any atom is 0.0516 e. The predicted octanol–water partition coefficient (Wildman–Crippen LogP) is 2.79. The highest BCUT2D eigenvalue weighted by Gasteiger charge is 2.24. The molecule has 1 saturated heterocycles. The van der Waals surface area contributed by atoms with Crippen LogP contribution >= 0.6 is 15.9 Å². The topological polar surface area (TPSA) is 21.3 Å². The van der Waals surface area contributed by atoms with Crippen LogP contribution in [0.2, 0.25) is 0 Å². The number of halogens is 1. The Labute approximate surface area is 106 Å². The molecule has 1 aromatic rings. The highest BCUT2D eigenvalue weighted by molar-refractivity contribution is 9.10. The zero-order chi connectivity index (χ0) is 11.4. The van der Waals surface area contributed by atoms with E-state index in [0.29, 0.717) is 5.92 Å². The van der Waals surface area contributed by atoms with Gasteiger partial charge in [0.1, 0.15) is 0 Å². The van der Waals surface area contributed by atoms with E-state index >= 15 is 0 Å². The number of rotatable bonds is 5. The second-order valence-corrected chi connectivity index (χ2v) is 5.27. The van der Waals surface area contributed by atoms with Crippen molar-refractivity contribution >= 4 is 15.9 Å². The van der Waals surface area contributed by atoms with Crippen molar-refractivity contribution in [1.29, 1.82) is 0 Å². The lowest BCUT2D eigenvalue weighted by Gasteiger charge is -2.30. The smallest absolute Gasteiger partial charge is 0.0516 e. The Kier molecular flexibility index (Phi) is 4.38. The summed E-state index contributed by atoms with van der Waals surface area (Å²) in [6.07, 6.45) is 1.21. The highest BCUT2D eigenvalue weighted by Crippen LogP contribution is 2.31. The van der Waals surface area contributed by atoms with Crippen LogP contribution in [0.1, 0.15) is 17.9 Å². The number of likely N-dealkylation sites (N-methyl/N-ethyl adjacent to an activating group) is 1. The van der Waals surface area contributed by atoms with E-state index in [-0.39, 0.29) is 0 Å². The average molecular weight is 284 g/mol. The van der Waals surface area contributed by atoms with E-state index in [0.717, 1.165) is 25.7 Å². The molecule has 1 aliphatic heterocycles. The summed E-state index contributed by atoms with van der Waals surface area (Å²) in [7, 11) is 2.01. The molecule has 2 nitrogen and oxygen atoms in total. The number of hydrogen-bond acceptors (Lipinski definition) is 2. The molecule has 16 heavy (non-hydrogen) atoms. The van der Waals surface area contributed by atoms with Gasteiger partial charge in [-0.2, -0.15) is 0 Å². The Balaban J connectivity index is 2.08. The number of benzene rings is 1. The van der Waals surface area contributed by atoms with Gasteiger partial charge in [0.25, 0.3) is 0 Å². The van der Waals surface area contributed by atoms with Crippen LogP contribution in [0.15, 0.2) is 28.7 Å². The molecule has 1 N–H and O–H groups in total. The minimum Gasteiger partial charge on any atom is -0.381 e. The van der Waals surface area contributed by atoms with E-state index in [1.165, 1.54) is 16.5 Å². The van der Waals surface area contributed by atoms with E-state index in [1.807, 2.05) is 7.05 Å². The van der Waals surface area contributed by atoms with Gasteiger partial charge in [-0.05, 0) is 31.0 Å². The summed E-state index contributed by atoms with van der Waals surface area (Å²) >= 11 is 3.64. The maximum absolute atomic E-state index is 5.25. The van der Waals surface area contributed by atoms with Crippen molar-refractivity contribution in [3.63, 3.8) is 0 Å². The summed E-state index contributed by atoms with van der Waals surface area (Å²) in [5, 5.41) is 3.29. The van der Waals surface area contributed by atoms with Gasteiger partial charge in [0.15, 0.2) is 0 Å². The zero-order valence-electron chi connectivity index (χ0n) is 9.58. The lowest BCUT2D eigenvalue weighted by molar-refractivity contribution is -0.0384. The van der Waals surface area contributed by atoms with Crippen molar-refractivity contribution in [3.8, 4) is 0 Å². The molecule has 0 bridgehead atoms. The third-order valence-electron chi connectivity index (χ3n) is 3.12. The van der Waals surface area contributed by atoms with Gasteiger partial charge >= 0.3 is 0 Å². The molecule has 0 aliphatic carbocycles. The summed E-state index contributed by atoms with van der Waals surface area (Å²) in [6, 6.07) is 8.51. The Hall–Kier alpha value is -0.380. The number of nitrogens with one attached hydrogen (secondary N) is 1. The molecule has 0 spiro atoms. The second-order valence-electron chi connectivity index (χ2n) is 4.42. The Bertz CT molecular complexity index is 338. The first-order valence-corrected chi connectivity index (χ1v) is 6.57. The van der Waals surface area contributed by atoms with Gasteiger partial charge in [0, 0.05) is 16.9 Å². The van der Waals surface area contributed by atoms with Gasteiger partial charge in [-0.15, -0.1) is 0 Å². The lowest BCUT2D eigenvalue weighted by atomic mass is 9.88. The fourth-order valence-corrected chi connectivity index (χ4v) is 2.80. The van der Waals surface area contributed by atoms with Gasteiger partial charge in [-0.1, -0.05) is 34.1 Å². The second kappa shape index (κ2) is 5.80. The minimum atomic E-state index is 0.578. The quantitative estimate of drug-likeness (QED) is 0.897. The van der Waals surface area contributed by atoms with E-state index in [9.17, 15) is 0 Å². The molecule has 0 saturated carbocycles. The molecule has 1 atom stereocenters. The summed E-state index contributed by atoms with van der Waals surface area (Å²) in [5.41, 5.74) is 1.41. The summed E-state index contributed by atoms with van der Waals surface area (Å²) < 4.78 is 6.47. The van der Waals surface area contributed by atoms with Crippen LogP contribution in [-0.4, -0.2) is 26.8 Å². The van der Waals surface area contributed by atoms with E-state index in [4.69, 9.17) is 4.74 Å².